The van der Waals surface area contributed by atoms with E-state index in [1.165, 1.54) is 16.9 Å². The maximum atomic E-state index is 11.7. The molecule has 0 bridgehead atoms. The van der Waals surface area contributed by atoms with Crippen LogP contribution in [-0.2, 0) is 12.0 Å². The molecule has 2 aromatic rings. The van der Waals surface area contributed by atoms with Gasteiger partial charge in [0.15, 0.2) is 0 Å². The molecule has 1 aliphatic rings. The highest BCUT2D eigenvalue weighted by molar-refractivity contribution is 7.14. The summed E-state index contributed by atoms with van der Waals surface area (Å²) in [6.45, 7) is 7.19. The second-order valence-corrected chi connectivity index (χ2v) is 10.4. The molecule has 2 heterocycles. The zero-order valence-electron chi connectivity index (χ0n) is 18.6. The standard InChI is InChI=1S/C23H33N3O3S/c1-23(2,3)19-13-18(21(30-19)22(27)28)25-16-6-8-17(9-7-16)29-20-12-15(10-11-24-20)14-26(4)5/h10-13,16-17,25H,6-9,14H2,1-5H3,(H,27,28)/t16-,17-. The van der Waals surface area contributed by atoms with Gasteiger partial charge in [-0.15, -0.1) is 11.3 Å². The molecule has 1 fully saturated rings. The maximum absolute atomic E-state index is 11.7. The summed E-state index contributed by atoms with van der Waals surface area (Å²) < 4.78 is 6.14. The summed E-state index contributed by atoms with van der Waals surface area (Å²) in [7, 11) is 4.09. The summed E-state index contributed by atoms with van der Waals surface area (Å²) in [5.41, 5.74) is 1.88. The molecule has 2 aromatic heterocycles. The van der Waals surface area contributed by atoms with E-state index < -0.39 is 5.97 Å². The third-order valence-corrected chi connectivity index (χ3v) is 6.83. The Kier molecular flexibility index (Phi) is 7.03. The lowest BCUT2D eigenvalue weighted by Gasteiger charge is -2.30. The van der Waals surface area contributed by atoms with Crippen molar-refractivity contribution in [2.24, 2.45) is 0 Å². The number of aromatic nitrogens is 1. The highest BCUT2D eigenvalue weighted by atomic mass is 32.1. The molecule has 0 aromatic carbocycles. The Hall–Kier alpha value is -2.12. The number of nitrogens with zero attached hydrogens (tertiary/aromatic N) is 2. The minimum Gasteiger partial charge on any atom is -0.477 e. The number of nitrogens with one attached hydrogen (secondary N) is 1. The Balaban J connectivity index is 1.58. The molecule has 3 rings (SSSR count). The van der Waals surface area contributed by atoms with Crippen LogP contribution in [0.3, 0.4) is 0 Å². The van der Waals surface area contributed by atoms with E-state index in [-0.39, 0.29) is 17.6 Å². The van der Waals surface area contributed by atoms with Crippen LogP contribution in [0.1, 0.15) is 66.6 Å². The molecule has 1 aliphatic carbocycles. The molecule has 0 saturated heterocycles. The fraction of sp³-hybridized carbons (Fsp3) is 0.565. The van der Waals surface area contributed by atoms with Crippen molar-refractivity contribution in [3.63, 3.8) is 0 Å². The van der Waals surface area contributed by atoms with Crippen molar-refractivity contribution in [2.75, 3.05) is 19.4 Å². The fourth-order valence-corrected chi connectivity index (χ4v) is 4.74. The first kappa shape index (κ1) is 22.6. The highest BCUT2D eigenvalue weighted by Crippen LogP contribution is 2.37. The summed E-state index contributed by atoms with van der Waals surface area (Å²) in [6.07, 6.45) is 5.70. The number of aromatic carboxylic acids is 1. The van der Waals surface area contributed by atoms with Crippen LogP contribution in [0.2, 0.25) is 0 Å². The number of anilines is 1. The van der Waals surface area contributed by atoms with Crippen LogP contribution in [0.15, 0.2) is 24.4 Å². The fourth-order valence-electron chi connectivity index (χ4n) is 3.72. The van der Waals surface area contributed by atoms with Gasteiger partial charge in [-0.05, 0) is 62.9 Å². The molecule has 0 amide bonds. The Morgan fingerprint density at radius 3 is 2.57 bits per heavy atom. The van der Waals surface area contributed by atoms with Crippen LogP contribution < -0.4 is 10.1 Å². The summed E-state index contributed by atoms with van der Waals surface area (Å²) in [6, 6.07) is 6.30. The first-order valence-corrected chi connectivity index (χ1v) is 11.3. The maximum Gasteiger partial charge on any atom is 0.348 e. The molecule has 0 spiro atoms. The average Bonchev–Trinajstić information content (AvgIpc) is 3.08. The van der Waals surface area contributed by atoms with E-state index in [2.05, 4.69) is 36.0 Å². The summed E-state index contributed by atoms with van der Waals surface area (Å²) in [4.78, 5) is 19.7. The van der Waals surface area contributed by atoms with E-state index in [1.807, 2.05) is 32.3 Å². The number of pyridine rings is 1. The summed E-state index contributed by atoms with van der Waals surface area (Å²) >= 11 is 1.37. The first-order valence-electron chi connectivity index (χ1n) is 10.5. The number of rotatable bonds is 7. The van der Waals surface area contributed by atoms with Gasteiger partial charge in [-0.2, -0.15) is 0 Å². The molecule has 0 atom stereocenters. The largest absolute Gasteiger partial charge is 0.477 e. The Labute approximate surface area is 183 Å². The van der Waals surface area contributed by atoms with Gasteiger partial charge in [0, 0.05) is 29.7 Å². The molecular weight excluding hydrogens is 398 g/mol. The molecule has 6 nitrogen and oxygen atoms in total. The zero-order chi connectivity index (χ0) is 21.9. The van der Waals surface area contributed by atoms with Gasteiger partial charge in [0.05, 0.1) is 5.69 Å². The van der Waals surface area contributed by atoms with E-state index in [4.69, 9.17) is 4.74 Å². The van der Waals surface area contributed by atoms with Gasteiger partial charge in [-0.25, -0.2) is 9.78 Å². The Morgan fingerprint density at radius 2 is 1.97 bits per heavy atom. The lowest BCUT2D eigenvalue weighted by atomic mass is 9.92. The van der Waals surface area contributed by atoms with Crippen LogP contribution in [-0.4, -0.2) is 47.2 Å². The van der Waals surface area contributed by atoms with Gasteiger partial charge in [-0.1, -0.05) is 20.8 Å². The molecule has 7 heteroatoms. The third kappa shape index (κ3) is 5.95. The van der Waals surface area contributed by atoms with E-state index in [0.717, 1.165) is 42.8 Å². The minimum atomic E-state index is -0.862. The van der Waals surface area contributed by atoms with Gasteiger partial charge in [0.2, 0.25) is 5.88 Å². The molecule has 0 aliphatic heterocycles. The number of carboxylic acids is 1. The van der Waals surface area contributed by atoms with Crippen molar-refractivity contribution >= 4 is 23.0 Å². The Morgan fingerprint density at radius 1 is 1.27 bits per heavy atom. The molecule has 30 heavy (non-hydrogen) atoms. The van der Waals surface area contributed by atoms with Crippen molar-refractivity contribution in [2.45, 2.75) is 70.6 Å². The van der Waals surface area contributed by atoms with Crippen molar-refractivity contribution in [1.29, 1.82) is 0 Å². The predicted molar refractivity (Wildman–Crippen MR) is 122 cm³/mol. The molecular formula is C23H33N3O3S. The third-order valence-electron chi connectivity index (χ3n) is 5.28. The minimum absolute atomic E-state index is 0.0611. The van der Waals surface area contributed by atoms with Crippen LogP contribution in [0, 0.1) is 0 Å². The van der Waals surface area contributed by atoms with Crippen molar-refractivity contribution in [1.82, 2.24) is 9.88 Å². The molecule has 0 unspecified atom stereocenters. The second-order valence-electron chi connectivity index (χ2n) is 9.38. The van der Waals surface area contributed by atoms with Crippen LogP contribution in [0.4, 0.5) is 5.69 Å². The van der Waals surface area contributed by atoms with Crippen molar-refractivity contribution in [3.8, 4) is 5.88 Å². The summed E-state index contributed by atoms with van der Waals surface area (Å²) in [5, 5.41) is 13.1. The van der Waals surface area contributed by atoms with Crippen molar-refractivity contribution in [3.05, 3.63) is 39.7 Å². The van der Waals surface area contributed by atoms with E-state index >= 15 is 0 Å². The van der Waals surface area contributed by atoms with Gasteiger partial charge < -0.3 is 20.1 Å². The van der Waals surface area contributed by atoms with Gasteiger partial charge >= 0.3 is 5.97 Å². The van der Waals surface area contributed by atoms with E-state index in [9.17, 15) is 9.90 Å². The van der Waals surface area contributed by atoms with Gasteiger partial charge in [0.1, 0.15) is 11.0 Å². The first-order chi connectivity index (χ1) is 14.1. The molecule has 164 valence electrons. The lowest BCUT2D eigenvalue weighted by Crippen LogP contribution is -2.31. The number of carbonyl (C=O) groups is 1. The number of hydrogen-bond donors (Lipinski definition) is 2. The van der Waals surface area contributed by atoms with Crippen LogP contribution >= 0.6 is 11.3 Å². The Bertz CT molecular complexity index is 865. The number of ether oxygens (including phenoxy) is 1. The SMILES string of the molecule is CN(C)Cc1ccnc(O[C@H]2CC[C@H](Nc3cc(C(C)(C)C)sc3C(=O)O)CC2)c1. The highest BCUT2D eigenvalue weighted by Gasteiger charge is 2.27. The monoisotopic (exact) mass is 431 g/mol. The van der Waals surface area contributed by atoms with Crippen LogP contribution in [0.25, 0.3) is 0 Å². The number of thiophene rings is 1. The predicted octanol–water partition coefficient (Wildman–Crippen LogP) is 5.00. The molecule has 1 saturated carbocycles. The van der Waals surface area contributed by atoms with Crippen LogP contribution in [0.5, 0.6) is 5.88 Å². The second kappa shape index (κ2) is 9.35. The molecule has 2 N–H and O–H groups in total. The normalized spacial score (nSPS) is 19.7. The average molecular weight is 432 g/mol. The smallest absolute Gasteiger partial charge is 0.348 e. The van der Waals surface area contributed by atoms with Gasteiger partial charge in [-0.3, -0.25) is 0 Å². The quantitative estimate of drug-likeness (QED) is 0.642. The van der Waals surface area contributed by atoms with E-state index in [1.54, 1.807) is 6.20 Å². The summed E-state index contributed by atoms with van der Waals surface area (Å²) in [5.74, 6) is -0.176. The van der Waals surface area contributed by atoms with Crippen molar-refractivity contribution < 1.29 is 14.6 Å². The zero-order valence-corrected chi connectivity index (χ0v) is 19.4. The molecule has 0 radical (unpaired) electrons. The lowest BCUT2D eigenvalue weighted by molar-refractivity contribution is 0.0703. The number of carboxylic acid groups (broad SMARTS) is 1. The topological polar surface area (TPSA) is 74.7 Å². The number of hydrogen-bond acceptors (Lipinski definition) is 6. The van der Waals surface area contributed by atoms with E-state index in [0.29, 0.717) is 10.8 Å². The van der Waals surface area contributed by atoms with Gasteiger partial charge in [0.25, 0.3) is 0 Å².